The van der Waals surface area contributed by atoms with Gasteiger partial charge >= 0.3 is 0 Å². The van der Waals surface area contributed by atoms with E-state index in [-0.39, 0.29) is 0 Å². The topological polar surface area (TPSA) is 23.9 Å². The van der Waals surface area contributed by atoms with Gasteiger partial charge in [-0.25, -0.2) is 0 Å². The van der Waals surface area contributed by atoms with Gasteiger partial charge in [0, 0.05) is 12.1 Å². The third-order valence-corrected chi connectivity index (χ3v) is 2.29. The average Bonchev–Trinajstić information content (AvgIpc) is 2.31. The molecular weight excluding hydrogens is 182 g/mol. The van der Waals surface area contributed by atoms with Crippen molar-refractivity contribution in [3.05, 3.63) is 71.8 Å². The lowest BCUT2D eigenvalue weighted by Gasteiger charge is -2.03. The highest BCUT2D eigenvalue weighted by atomic mass is 14.4. The second-order valence-electron chi connectivity index (χ2n) is 3.43. The van der Waals surface area contributed by atoms with E-state index >= 15 is 0 Å². The summed E-state index contributed by atoms with van der Waals surface area (Å²) >= 11 is 0. The van der Waals surface area contributed by atoms with Crippen molar-refractivity contribution in [2.24, 2.45) is 0 Å². The summed E-state index contributed by atoms with van der Waals surface area (Å²) in [6, 6.07) is 20.6. The molecule has 1 N–H and O–H groups in total. The van der Waals surface area contributed by atoms with E-state index in [9.17, 15) is 0 Å². The van der Waals surface area contributed by atoms with Gasteiger partial charge < -0.3 is 5.41 Å². The van der Waals surface area contributed by atoms with Gasteiger partial charge in [-0.2, -0.15) is 0 Å². The summed E-state index contributed by atoms with van der Waals surface area (Å²) < 4.78 is 0. The number of benzene rings is 2. The Labute approximate surface area is 89.9 Å². The van der Waals surface area contributed by atoms with Gasteiger partial charge in [-0.1, -0.05) is 54.6 Å². The van der Waals surface area contributed by atoms with Crippen LogP contribution in [0.3, 0.4) is 0 Å². The monoisotopic (exact) mass is 194 g/mol. The Bertz CT molecular complexity index is 431. The van der Waals surface area contributed by atoms with Crippen molar-refractivity contribution < 1.29 is 0 Å². The summed E-state index contributed by atoms with van der Waals surface area (Å²) in [5, 5.41) is 7.95. The molecule has 0 aliphatic carbocycles. The number of hydrogen-bond acceptors (Lipinski definition) is 1. The van der Waals surface area contributed by atoms with Crippen LogP contribution in [0.4, 0.5) is 0 Å². The summed E-state index contributed by atoms with van der Waals surface area (Å²) in [7, 11) is 0. The molecule has 0 heterocycles. The van der Waals surface area contributed by atoms with Crippen LogP contribution in [0.15, 0.2) is 54.6 Å². The zero-order chi connectivity index (χ0) is 10.5. The molecule has 0 saturated carbocycles. The lowest BCUT2D eigenvalue weighted by molar-refractivity contribution is 1.28. The van der Waals surface area contributed by atoms with Gasteiger partial charge in [0.15, 0.2) is 0 Å². The first kappa shape index (κ1) is 9.66. The molecule has 73 valence electrons. The van der Waals surface area contributed by atoms with E-state index in [0.717, 1.165) is 5.56 Å². The molecule has 2 aromatic rings. The molecule has 0 amide bonds. The maximum atomic E-state index is 7.95. The van der Waals surface area contributed by atoms with Gasteiger partial charge in [-0.05, 0) is 17.2 Å². The number of hydrogen-bond donors (Lipinski definition) is 1. The first-order chi connectivity index (χ1) is 7.36. The largest absolute Gasteiger partial charge is 0.304 e. The van der Waals surface area contributed by atoms with Crippen LogP contribution in [0.25, 0.3) is 0 Å². The fraction of sp³-hybridized carbons (Fsp3) is 0.0714. The van der Waals surface area contributed by atoms with Crippen molar-refractivity contribution in [3.8, 4) is 0 Å². The summed E-state index contributed by atoms with van der Waals surface area (Å²) in [5.41, 5.74) is 2.79. The standard InChI is InChI=1S/C14H12N/c15-14(13-9-5-2-6-10-13)11-12-7-3-1-4-8-12/h1,3-10,15H,11H2. The molecule has 0 fully saturated rings. The molecule has 1 nitrogen and oxygen atoms in total. The van der Waals surface area contributed by atoms with E-state index < -0.39 is 0 Å². The van der Waals surface area contributed by atoms with Crippen LogP contribution in [0.1, 0.15) is 11.1 Å². The van der Waals surface area contributed by atoms with Crippen LogP contribution in [-0.2, 0) is 6.42 Å². The van der Waals surface area contributed by atoms with E-state index in [2.05, 4.69) is 6.07 Å². The lowest BCUT2D eigenvalue weighted by atomic mass is 10.0. The zero-order valence-corrected chi connectivity index (χ0v) is 8.40. The van der Waals surface area contributed by atoms with Crippen molar-refractivity contribution >= 4 is 5.71 Å². The van der Waals surface area contributed by atoms with Crippen molar-refractivity contribution in [2.75, 3.05) is 0 Å². The zero-order valence-electron chi connectivity index (χ0n) is 8.40. The Kier molecular flexibility index (Phi) is 2.93. The summed E-state index contributed by atoms with van der Waals surface area (Å²) in [6.45, 7) is 0. The molecule has 0 atom stereocenters. The first-order valence-corrected chi connectivity index (χ1v) is 4.94. The fourth-order valence-corrected chi connectivity index (χ4v) is 1.49. The molecular formula is C14H12N. The van der Waals surface area contributed by atoms with Crippen molar-refractivity contribution in [1.29, 1.82) is 5.41 Å². The van der Waals surface area contributed by atoms with Gasteiger partial charge in [0.05, 0.1) is 0 Å². The molecule has 0 aliphatic heterocycles. The van der Waals surface area contributed by atoms with Crippen LogP contribution < -0.4 is 0 Å². The highest BCUT2D eigenvalue weighted by molar-refractivity contribution is 5.99. The molecule has 2 rings (SSSR count). The van der Waals surface area contributed by atoms with Gasteiger partial charge in [-0.3, -0.25) is 0 Å². The normalized spacial score (nSPS) is 9.87. The molecule has 1 heteroatoms. The van der Waals surface area contributed by atoms with Gasteiger partial charge in [0.25, 0.3) is 0 Å². The second kappa shape index (κ2) is 4.56. The van der Waals surface area contributed by atoms with Gasteiger partial charge in [-0.15, -0.1) is 0 Å². The quantitative estimate of drug-likeness (QED) is 0.726. The summed E-state index contributed by atoms with van der Waals surface area (Å²) in [5.74, 6) is 0. The van der Waals surface area contributed by atoms with Crippen LogP contribution in [0.5, 0.6) is 0 Å². The highest BCUT2D eigenvalue weighted by Gasteiger charge is 2.01. The fourth-order valence-electron chi connectivity index (χ4n) is 1.49. The Morgan fingerprint density at radius 3 is 2.33 bits per heavy atom. The van der Waals surface area contributed by atoms with Crippen LogP contribution in [0.2, 0.25) is 0 Å². The highest BCUT2D eigenvalue weighted by Crippen LogP contribution is 2.06. The minimum Gasteiger partial charge on any atom is -0.304 e. The van der Waals surface area contributed by atoms with Crippen molar-refractivity contribution in [3.63, 3.8) is 0 Å². The van der Waals surface area contributed by atoms with Crippen LogP contribution in [-0.4, -0.2) is 5.71 Å². The molecule has 15 heavy (non-hydrogen) atoms. The molecule has 0 unspecified atom stereocenters. The minimum atomic E-state index is 0.648. The summed E-state index contributed by atoms with van der Waals surface area (Å²) in [4.78, 5) is 0. The van der Waals surface area contributed by atoms with Gasteiger partial charge in [0.2, 0.25) is 0 Å². The minimum absolute atomic E-state index is 0.648. The Morgan fingerprint density at radius 2 is 1.67 bits per heavy atom. The predicted octanol–water partition coefficient (Wildman–Crippen LogP) is 3.10. The lowest BCUT2D eigenvalue weighted by Crippen LogP contribution is -2.02. The maximum Gasteiger partial charge on any atom is 0.0429 e. The molecule has 0 saturated heterocycles. The Morgan fingerprint density at radius 1 is 1.00 bits per heavy atom. The molecule has 0 spiro atoms. The number of rotatable bonds is 3. The molecule has 0 aromatic heterocycles. The van der Waals surface area contributed by atoms with Crippen molar-refractivity contribution in [2.45, 2.75) is 6.42 Å². The second-order valence-corrected chi connectivity index (χ2v) is 3.43. The van der Waals surface area contributed by atoms with E-state index in [1.807, 2.05) is 54.6 Å². The van der Waals surface area contributed by atoms with Crippen LogP contribution >= 0.6 is 0 Å². The predicted molar refractivity (Wildman–Crippen MR) is 62.3 cm³/mol. The first-order valence-electron chi connectivity index (χ1n) is 4.94. The Hall–Kier alpha value is -1.89. The smallest absolute Gasteiger partial charge is 0.0429 e. The average molecular weight is 194 g/mol. The van der Waals surface area contributed by atoms with E-state index in [1.54, 1.807) is 0 Å². The maximum absolute atomic E-state index is 7.95. The molecule has 0 bridgehead atoms. The third-order valence-electron chi connectivity index (χ3n) is 2.29. The van der Waals surface area contributed by atoms with E-state index in [4.69, 9.17) is 5.41 Å². The van der Waals surface area contributed by atoms with Crippen molar-refractivity contribution in [1.82, 2.24) is 0 Å². The third kappa shape index (κ3) is 2.53. The SMILES string of the molecule is N=C(Cc1ccccc1)c1cc[c]cc1. The molecule has 2 aromatic carbocycles. The van der Waals surface area contributed by atoms with Crippen LogP contribution in [0, 0.1) is 11.5 Å². The van der Waals surface area contributed by atoms with E-state index in [1.165, 1.54) is 5.56 Å². The van der Waals surface area contributed by atoms with E-state index in [0.29, 0.717) is 12.1 Å². The Balaban J connectivity index is 2.12. The summed E-state index contributed by atoms with van der Waals surface area (Å²) in [6.07, 6.45) is 0.685. The van der Waals surface area contributed by atoms with Gasteiger partial charge in [0.1, 0.15) is 0 Å². The molecule has 1 radical (unpaired) electrons. The molecule has 0 aliphatic rings. The number of nitrogens with one attached hydrogen (secondary N) is 1.